The molecule has 0 fully saturated rings. The third-order valence-electron chi connectivity index (χ3n) is 6.25. The van der Waals surface area contributed by atoms with Crippen molar-refractivity contribution in [3.05, 3.63) is 82.9 Å². The molecular weight excluding hydrogens is 432 g/mol. The maximum absolute atomic E-state index is 12.5. The molecule has 0 aliphatic heterocycles. The second-order valence-electron chi connectivity index (χ2n) is 11.7. The van der Waals surface area contributed by atoms with E-state index in [9.17, 15) is 4.79 Å². The van der Waals surface area contributed by atoms with Gasteiger partial charge in [0.25, 0.3) is 5.91 Å². The van der Waals surface area contributed by atoms with Crippen molar-refractivity contribution in [3.63, 3.8) is 0 Å². The number of nitrogens with zero attached hydrogens (tertiary/aromatic N) is 2. The molecule has 3 rings (SSSR count). The number of aromatic nitrogens is 2. The number of anilines is 1. The molecule has 0 saturated carbocycles. The highest BCUT2D eigenvalue weighted by atomic mass is 16.1. The van der Waals surface area contributed by atoms with Gasteiger partial charge in [0.1, 0.15) is 12.0 Å². The minimum absolute atomic E-state index is 0.0137. The van der Waals surface area contributed by atoms with E-state index < -0.39 is 0 Å². The van der Waals surface area contributed by atoms with E-state index in [1.165, 1.54) is 16.7 Å². The second kappa shape index (κ2) is 9.73. The van der Waals surface area contributed by atoms with Gasteiger partial charge in [-0.05, 0) is 71.6 Å². The second-order valence-corrected chi connectivity index (χ2v) is 11.7. The summed E-state index contributed by atoms with van der Waals surface area (Å²) in [4.78, 5) is 16.9. The average molecular weight is 473 g/mol. The minimum Gasteiger partial charge on any atom is -0.355 e. The van der Waals surface area contributed by atoms with E-state index in [-0.39, 0.29) is 16.7 Å². The van der Waals surface area contributed by atoms with E-state index in [4.69, 9.17) is 0 Å². The third-order valence-corrected chi connectivity index (χ3v) is 6.25. The molecule has 186 valence electrons. The zero-order valence-corrected chi connectivity index (χ0v) is 22.8. The predicted molar refractivity (Wildman–Crippen MR) is 147 cm³/mol. The molecule has 1 amide bonds. The highest BCUT2D eigenvalue weighted by Gasteiger charge is 2.18. The molecule has 35 heavy (non-hydrogen) atoms. The normalized spacial score (nSPS) is 11.9. The molecule has 0 saturated heterocycles. The molecule has 1 heterocycles. The van der Waals surface area contributed by atoms with Gasteiger partial charge in [-0.3, -0.25) is 4.79 Å². The van der Waals surface area contributed by atoms with Gasteiger partial charge in [-0.25, -0.2) is 4.98 Å². The highest BCUT2D eigenvalue weighted by Crippen LogP contribution is 2.31. The molecule has 0 atom stereocenters. The van der Waals surface area contributed by atoms with E-state index in [1.54, 1.807) is 12.5 Å². The molecule has 0 aliphatic carbocycles. The lowest BCUT2D eigenvalue weighted by molar-refractivity contribution is 0.0934. The fraction of sp³-hybridized carbons (Fsp3) is 0.400. The molecular formula is C30H40N4O. The van der Waals surface area contributed by atoms with Crippen molar-refractivity contribution >= 4 is 17.3 Å². The summed E-state index contributed by atoms with van der Waals surface area (Å²) in [6.45, 7) is 24.2. The minimum atomic E-state index is -0.164. The van der Waals surface area contributed by atoms with Crippen LogP contribution in [0.4, 0.5) is 5.69 Å². The van der Waals surface area contributed by atoms with Crippen LogP contribution in [-0.4, -0.2) is 22.0 Å². The number of imidazole rings is 1. The first kappa shape index (κ1) is 26.3. The quantitative estimate of drug-likeness (QED) is 0.408. The zero-order valence-electron chi connectivity index (χ0n) is 22.8. The van der Waals surface area contributed by atoms with Crippen molar-refractivity contribution in [2.24, 2.45) is 5.41 Å². The summed E-state index contributed by atoms with van der Waals surface area (Å²) >= 11 is 0. The first-order chi connectivity index (χ1) is 16.2. The Morgan fingerprint density at radius 3 is 2.31 bits per heavy atom. The molecule has 0 spiro atoms. The monoisotopic (exact) mass is 472 g/mol. The molecule has 1 aromatic heterocycles. The van der Waals surface area contributed by atoms with E-state index >= 15 is 0 Å². The topological polar surface area (TPSA) is 59.0 Å². The van der Waals surface area contributed by atoms with E-state index in [0.29, 0.717) is 12.2 Å². The van der Waals surface area contributed by atoms with Crippen molar-refractivity contribution in [3.8, 4) is 5.69 Å². The standard InChI is InChI=1S/C30H40N4O/c1-19-11-12-23(22(4)33-25-15-24(30(8,9)10)13-20(2)21(25)3)14-27(19)34-16-26(32-18-34)28(35)31-17-29(5,6)7/h11-16,18,33H,4,17H2,1-3,5-10H3,(H,31,35). The van der Waals surface area contributed by atoms with Crippen LogP contribution in [0.1, 0.15) is 79.8 Å². The smallest absolute Gasteiger partial charge is 0.271 e. The Balaban J connectivity index is 1.86. The molecule has 2 aromatic carbocycles. The largest absolute Gasteiger partial charge is 0.355 e. The Hall–Kier alpha value is -3.34. The molecule has 5 nitrogen and oxygen atoms in total. The van der Waals surface area contributed by atoms with Crippen LogP contribution in [0.2, 0.25) is 0 Å². The number of nitrogens with one attached hydrogen (secondary N) is 2. The molecule has 0 aliphatic rings. The summed E-state index contributed by atoms with van der Waals surface area (Å²) in [6.07, 6.45) is 3.47. The number of carbonyl (C=O) groups is 1. The summed E-state index contributed by atoms with van der Waals surface area (Å²) in [5, 5.41) is 6.51. The summed E-state index contributed by atoms with van der Waals surface area (Å²) < 4.78 is 1.90. The Kier molecular flexibility index (Phi) is 7.30. The highest BCUT2D eigenvalue weighted by molar-refractivity contribution is 5.92. The van der Waals surface area contributed by atoms with Crippen LogP contribution in [0, 0.1) is 26.2 Å². The van der Waals surface area contributed by atoms with E-state index in [1.807, 2.05) is 4.57 Å². The molecule has 0 radical (unpaired) electrons. The fourth-order valence-corrected chi connectivity index (χ4v) is 3.74. The van der Waals surface area contributed by atoms with Crippen LogP contribution in [0.5, 0.6) is 0 Å². The van der Waals surface area contributed by atoms with Crippen LogP contribution in [0.15, 0.2) is 49.4 Å². The van der Waals surface area contributed by atoms with Crippen molar-refractivity contribution in [1.29, 1.82) is 0 Å². The Bertz CT molecular complexity index is 1250. The van der Waals surface area contributed by atoms with Crippen LogP contribution < -0.4 is 10.6 Å². The van der Waals surface area contributed by atoms with Gasteiger partial charge >= 0.3 is 0 Å². The van der Waals surface area contributed by atoms with Crippen molar-refractivity contribution in [2.45, 2.75) is 67.7 Å². The van der Waals surface area contributed by atoms with Gasteiger partial charge in [0, 0.05) is 24.1 Å². The van der Waals surface area contributed by atoms with Gasteiger partial charge in [0.15, 0.2) is 0 Å². The van der Waals surface area contributed by atoms with Crippen molar-refractivity contribution in [2.75, 3.05) is 11.9 Å². The van der Waals surface area contributed by atoms with Crippen LogP contribution >= 0.6 is 0 Å². The number of benzene rings is 2. The van der Waals surface area contributed by atoms with Crippen molar-refractivity contribution < 1.29 is 4.79 Å². The SMILES string of the molecule is C=C(Nc1cc(C(C)(C)C)cc(C)c1C)c1ccc(C)c(-n2cnc(C(=O)NCC(C)(C)C)c2)c1. The average Bonchev–Trinajstić information content (AvgIpc) is 3.24. The lowest BCUT2D eigenvalue weighted by Crippen LogP contribution is -2.32. The van der Waals surface area contributed by atoms with Gasteiger partial charge in [0.2, 0.25) is 0 Å². The number of aryl methyl sites for hydroxylation is 2. The number of hydrogen-bond acceptors (Lipinski definition) is 3. The summed E-state index contributed by atoms with van der Waals surface area (Å²) in [6, 6.07) is 10.7. The zero-order chi connectivity index (χ0) is 26.1. The van der Waals surface area contributed by atoms with Gasteiger partial charge in [0.05, 0.1) is 5.69 Å². The van der Waals surface area contributed by atoms with E-state index in [0.717, 1.165) is 28.2 Å². The molecule has 0 unspecified atom stereocenters. The van der Waals surface area contributed by atoms with Crippen LogP contribution in [0.25, 0.3) is 11.4 Å². The molecule has 5 heteroatoms. The third kappa shape index (κ3) is 6.41. The maximum atomic E-state index is 12.5. The van der Waals surface area contributed by atoms with E-state index in [2.05, 4.69) is 115 Å². The van der Waals surface area contributed by atoms with Gasteiger partial charge < -0.3 is 15.2 Å². The molecule has 3 aromatic rings. The fourth-order valence-electron chi connectivity index (χ4n) is 3.74. The first-order valence-electron chi connectivity index (χ1n) is 12.2. The number of amides is 1. The first-order valence-corrected chi connectivity index (χ1v) is 12.2. The number of hydrogen-bond donors (Lipinski definition) is 2. The Labute approximate surface area is 210 Å². The van der Waals surface area contributed by atoms with Gasteiger partial charge in [-0.2, -0.15) is 0 Å². The Morgan fingerprint density at radius 1 is 1.00 bits per heavy atom. The summed E-state index contributed by atoms with van der Waals surface area (Å²) in [7, 11) is 0. The summed E-state index contributed by atoms with van der Waals surface area (Å²) in [5.41, 5.74) is 9.16. The maximum Gasteiger partial charge on any atom is 0.271 e. The molecule has 0 bridgehead atoms. The molecule has 2 N–H and O–H groups in total. The van der Waals surface area contributed by atoms with Crippen LogP contribution in [0.3, 0.4) is 0 Å². The lowest BCUT2D eigenvalue weighted by Gasteiger charge is -2.23. The van der Waals surface area contributed by atoms with Crippen molar-refractivity contribution in [1.82, 2.24) is 14.9 Å². The van der Waals surface area contributed by atoms with Gasteiger partial charge in [-0.1, -0.05) is 66.3 Å². The predicted octanol–water partition coefficient (Wildman–Crippen LogP) is 6.95. The Morgan fingerprint density at radius 2 is 1.69 bits per heavy atom. The van der Waals surface area contributed by atoms with Crippen LogP contribution in [-0.2, 0) is 5.41 Å². The van der Waals surface area contributed by atoms with Gasteiger partial charge in [-0.15, -0.1) is 0 Å². The number of carbonyl (C=O) groups excluding carboxylic acids is 1. The lowest BCUT2D eigenvalue weighted by atomic mass is 9.85. The number of rotatable bonds is 6. The summed E-state index contributed by atoms with van der Waals surface area (Å²) in [5.74, 6) is -0.164.